The van der Waals surface area contributed by atoms with E-state index in [-0.39, 0.29) is 5.91 Å². The molecule has 2 heterocycles. The topological polar surface area (TPSA) is 54.5 Å². The summed E-state index contributed by atoms with van der Waals surface area (Å²) in [6.07, 6.45) is 9.53. The van der Waals surface area contributed by atoms with Crippen LogP contribution in [0.5, 0.6) is 0 Å². The number of benzene rings is 2. The molecule has 0 radical (unpaired) electrons. The first-order valence-corrected chi connectivity index (χ1v) is 11.6. The van der Waals surface area contributed by atoms with Crippen molar-refractivity contribution in [2.24, 2.45) is 0 Å². The van der Waals surface area contributed by atoms with Crippen molar-refractivity contribution in [3.8, 4) is 0 Å². The predicted octanol–water partition coefficient (Wildman–Crippen LogP) is 4.29. The second-order valence-electron chi connectivity index (χ2n) is 8.30. The molecule has 2 aromatic carbocycles. The smallest absolute Gasteiger partial charge is 0.251 e. The molecule has 1 aliphatic heterocycles. The summed E-state index contributed by atoms with van der Waals surface area (Å²) in [7, 11) is 0. The van der Waals surface area contributed by atoms with Crippen LogP contribution in [0.1, 0.15) is 39.0 Å². The second-order valence-corrected chi connectivity index (χ2v) is 8.30. The molecule has 1 aromatic heterocycles. The van der Waals surface area contributed by atoms with Crippen molar-refractivity contribution in [1.29, 1.82) is 0 Å². The number of nitrogens with one attached hydrogen (secondary N) is 1. The molecule has 5 nitrogen and oxygen atoms in total. The molecular weight excluding hydrogens is 410 g/mol. The number of carbonyl (C=O) groups excluding carboxylic acids is 1. The Morgan fingerprint density at radius 1 is 0.939 bits per heavy atom. The minimum Gasteiger partial charge on any atom is -0.379 e. The molecule has 0 atom stereocenters. The van der Waals surface area contributed by atoms with Gasteiger partial charge in [-0.25, -0.2) is 0 Å². The fraction of sp³-hybridized carbons (Fsp3) is 0.286. The van der Waals surface area contributed by atoms with E-state index in [1.807, 2.05) is 30.3 Å². The van der Waals surface area contributed by atoms with Gasteiger partial charge in [-0.05, 0) is 65.9 Å². The van der Waals surface area contributed by atoms with Crippen molar-refractivity contribution in [2.45, 2.75) is 12.8 Å². The number of rotatable bonds is 9. The summed E-state index contributed by atoms with van der Waals surface area (Å²) in [6, 6.07) is 20.4. The summed E-state index contributed by atoms with van der Waals surface area (Å²) in [6.45, 7) is 5.27. The van der Waals surface area contributed by atoms with E-state index >= 15 is 0 Å². The largest absolute Gasteiger partial charge is 0.379 e. The quantitative estimate of drug-likeness (QED) is 0.503. The van der Waals surface area contributed by atoms with Gasteiger partial charge in [0.1, 0.15) is 0 Å². The van der Waals surface area contributed by atoms with Gasteiger partial charge in [0.2, 0.25) is 0 Å². The summed E-state index contributed by atoms with van der Waals surface area (Å²) in [4.78, 5) is 19.1. The number of amides is 1. The van der Waals surface area contributed by atoms with Crippen molar-refractivity contribution in [3.63, 3.8) is 0 Å². The van der Waals surface area contributed by atoms with E-state index in [9.17, 15) is 4.79 Å². The lowest BCUT2D eigenvalue weighted by atomic mass is 10.0. The summed E-state index contributed by atoms with van der Waals surface area (Å²) in [5, 5.41) is 3.06. The highest BCUT2D eigenvalue weighted by atomic mass is 16.5. The van der Waals surface area contributed by atoms with Gasteiger partial charge in [0.25, 0.3) is 5.91 Å². The molecule has 0 bridgehead atoms. The van der Waals surface area contributed by atoms with Gasteiger partial charge in [0.15, 0.2) is 0 Å². The Balaban J connectivity index is 1.30. The second kappa shape index (κ2) is 12.1. The normalized spacial score (nSPS) is 14.4. The fourth-order valence-electron chi connectivity index (χ4n) is 3.96. The van der Waals surface area contributed by atoms with Crippen LogP contribution in [0.3, 0.4) is 0 Å². The summed E-state index contributed by atoms with van der Waals surface area (Å²) < 4.78 is 5.38. The average Bonchev–Trinajstić information content (AvgIpc) is 2.87. The molecule has 4 rings (SSSR count). The molecule has 1 fully saturated rings. The minimum absolute atomic E-state index is 0.00661. The van der Waals surface area contributed by atoms with Crippen molar-refractivity contribution < 1.29 is 9.53 Å². The highest BCUT2D eigenvalue weighted by Gasteiger charge is 2.10. The Hall–Kier alpha value is -3.28. The van der Waals surface area contributed by atoms with Gasteiger partial charge in [-0.15, -0.1) is 0 Å². The summed E-state index contributed by atoms with van der Waals surface area (Å²) in [5.74, 6) is -0.00661. The Labute approximate surface area is 196 Å². The third kappa shape index (κ3) is 7.38. The van der Waals surface area contributed by atoms with Gasteiger partial charge < -0.3 is 10.1 Å². The molecule has 0 aliphatic carbocycles. The first kappa shape index (κ1) is 22.9. The van der Waals surface area contributed by atoms with E-state index < -0.39 is 0 Å². The SMILES string of the molecule is O=C(NCCCN1CCOCC1)c1cccc(Cc2cccc(/C=C/c3ccncc3)c2)c1. The predicted molar refractivity (Wildman–Crippen MR) is 133 cm³/mol. The Kier molecular flexibility index (Phi) is 8.39. The minimum atomic E-state index is -0.00661. The van der Waals surface area contributed by atoms with Crippen LogP contribution >= 0.6 is 0 Å². The van der Waals surface area contributed by atoms with Crippen molar-refractivity contribution in [1.82, 2.24) is 15.2 Å². The van der Waals surface area contributed by atoms with Crippen LogP contribution in [0, 0.1) is 0 Å². The monoisotopic (exact) mass is 441 g/mol. The molecule has 1 N–H and O–H groups in total. The Morgan fingerprint density at radius 2 is 1.67 bits per heavy atom. The summed E-state index contributed by atoms with van der Waals surface area (Å²) >= 11 is 0. The maximum absolute atomic E-state index is 12.6. The van der Waals surface area contributed by atoms with E-state index in [0.29, 0.717) is 12.1 Å². The number of hydrogen-bond donors (Lipinski definition) is 1. The number of carbonyl (C=O) groups is 1. The van der Waals surface area contributed by atoms with E-state index in [2.05, 4.69) is 57.7 Å². The van der Waals surface area contributed by atoms with Crippen LogP contribution < -0.4 is 5.32 Å². The molecule has 170 valence electrons. The maximum atomic E-state index is 12.6. The molecule has 1 saturated heterocycles. The van der Waals surface area contributed by atoms with Gasteiger partial charge >= 0.3 is 0 Å². The molecule has 0 saturated carbocycles. The maximum Gasteiger partial charge on any atom is 0.251 e. The van der Waals surface area contributed by atoms with Crippen LogP contribution in [0.15, 0.2) is 73.1 Å². The van der Waals surface area contributed by atoms with Gasteiger partial charge in [-0.1, -0.05) is 48.6 Å². The van der Waals surface area contributed by atoms with E-state index in [4.69, 9.17) is 4.74 Å². The van der Waals surface area contributed by atoms with E-state index in [1.54, 1.807) is 12.4 Å². The number of hydrogen-bond acceptors (Lipinski definition) is 4. The summed E-state index contributed by atoms with van der Waals surface area (Å²) in [5.41, 5.74) is 5.34. The zero-order chi connectivity index (χ0) is 22.7. The van der Waals surface area contributed by atoms with Gasteiger partial charge in [0.05, 0.1) is 13.2 Å². The molecule has 1 amide bonds. The van der Waals surface area contributed by atoms with Crippen LogP contribution in [-0.4, -0.2) is 55.2 Å². The zero-order valence-corrected chi connectivity index (χ0v) is 19.0. The molecular formula is C28H31N3O2. The Bertz CT molecular complexity index is 1060. The highest BCUT2D eigenvalue weighted by molar-refractivity contribution is 5.94. The van der Waals surface area contributed by atoms with Gasteiger partial charge in [-0.2, -0.15) is 0 Å². The first-order chi connectivity index (χ1) is 16.3. The van der Waals surface area contributed by atoms with Gasteiger partial charge in [0, 0.05) is 37.6 Å². The van der Waals surface area contributed by atoms with Crippen molar-refractivity contribution in [2.75, 3.05) is 39.4 Å². The van der Waals surface area contributed by atoms with Crippen LogP contribution in [0.2, 0.25) is 0 Å². The Morgan fingerprint density at radius 3 is 2.48 bits per heavy atom. The van der Waals surface area contributed by atoms with Crippen molar-refractivity contribution >= 4 is 18.1 Å². The fourth-order valence-corrected chi connectivity index (χ4v) is 3.96. The molecule has 5 heteroatoms. The lowest BCUT2D eigenvalue weighted by Crippen LogP contribution is -2.38. The van der Waals surface area contributed by atoms with Crippen LogP contribution in [0.4, 0.5) is 0 Å². The standard InChI is InChI=1S/C28H31N3O2/c32-28(30-12-3-15-31-16-18-33-19-17-31)27-7-2-6-26(22-27)21-25-5-1-4-24(20-25)9-8-23-10-13-29-14-11-23/h1-2,4-11,13-14,20,22H,3,12,15-19,21H2,(H,30,32)/b9-8+. The molecule has 0 spiro atoms. The number of nitrogens with zero attached hydrogens (tertiary/aromatic N) is 2. The van der Waals surface area contributed by atoms with Crippen molar-refractivity contribution in [3.05, 3.63) is 101 Å². The van der Waals surface area contributed by atoms with Gasteiger partial charge in [-0.3, -0.25) is 14.7 Å². The molecule has 3 aromatic rings. The lowest BCUT2D eigenvalue weighted by Gasteiger charge is -2.26. The first-order valence-electron chi connectivity index (χ1n) is 11.6. The third-order valence-electron chi connectivity index (χ3n) is 5.76. The van der Waals surface area contributed by atoms with E-state index in [1.165, 1.54) is 5.56 Å². The molecule has 1 aliphatic rings. The number of aromatic nitrogens is 1. The zero-order valence-electron chi connectivity index (χ0n) is 19.0. The highest BCUT2D eigenvalue weighted by Crippen LogP contribution is 2.15. The number of ether oxygens (including phenoxy) is 1. The third-order valence-corrected chi connectivity index (χ3v) is 5.76. The van der Waals surface area contributed by atoms with Crippen LogP contribution in [-0.2, 0) is 11.2 Å². The van der Waals surface area contributed by atoms with Crippen LogP contribution in [0.25, 0.3) is 12.2 Å². The number of morpholine rings is 1. The number of pyridine rings is 1. The van der Waals surface area contributed by atoms with E-state index in [0.717, 1.165) is 62.4 Å². The lowest BCUT2D eigenvalue weighted by molar-refractivity contribution is 0.0374. The average molecular weight is 442 g/mol. The molecule has 0 unspecified atom stereocenters. The molecule has 33 heavy (non-hydrogen) atoms.